The first-order chi connectivity index (χ1) is 15.2. The summed E-state index contributed by atoms with van der Waals surface area (Å²) in [6.45, 7) is 1.47. The zero-order valence-corrected chi connectivity index (χ0v) is 17.9. The fourth-order valence-electron chi connectivity index (χ4n) is 3.57. The molecule has 0 aliphatic carbocycles. The SMILES string of the molecule is Cc1cc([C@H](Nc2ccc(C(F)(F)F)c(CN3CC(OC(=O)O)C3)c2)C(F)(F)F)ccc1Cl. The number of aryl methyl sites for hydroxylation is 1. The number of halogens is 7. The molecule has 1 aliphatic heterocycles. The second-order valence-corrected chi connectivity index (χ2v) is 8.10. The van der Waals surface area contributed by atoms with E-state index in [9.17, 15) is 31.1 Å². The Morgan fingerprint density at radius 2 is 1.85 bits per heavy atom. The normalized spacial score (nSPS) is 16.2. The molecule has 1 aliphatic rings. The smallest absolute Gasteiger partial charge is 0.450 e. The Morgan fingerprint density at radius 3 is 2.39 bits per heavy atom. The number of likely N-dealkylation sites (tertiary alicyclic amines) is 1. The first-order valence-electron chi connectivity index (χ1n) is 9.65. The van der Waals surface area contributed by atoms with Crippen LogP contribution < -0.4 is 5.32 Å². The number of hydrogen-bond acceptors (Lipinski definition) is 4. The second-order valence-electron chi connectivity index (χ2n) is 7.70. The molecule has 1 heterocycles. The number of alkyl halides is 6. The number of anilines is 1. The van der Waals surface area contributed by atoms with E-state index in [-0.39, 0.29) is 41.5 Å². The van der Waals surface area contributed by atoms with Crippen LogP contribution in [0.1, 0.15) is 28.3 Å². The van der Waals surface area contributed by atoms with E-state index < -0.39 is 36.2 Å². The van der Waals surface area contributed by atoms with Crippen LogP contribution in [0.25, 0.3) is 0 Å². The molecule has 0 amide bonds. The third kappa shape index (κ3) is 6.23. The summed E-state index contributed by atoms with van der Waals surface area (Å²) in [5.74, 6) is 0. The van der Waals surface area contributed by atoms with Crippen LogP contribution in [0, 0.1) is 6.92 Å². The molecule has 180 valence electrons. The second kappa shape index (κ2) is 9.30. The minimum absolute atomic E-state index is 0.0798. The lowest BCUT2D eigenvalue weighted by Crippen LogP contribution is -2.52. The maximum atomic E-state index is 13.8. The van der Waals surface area contributed by atoms with Crippen LogP contribution in [0.15, 0.2) is 36.4 Å². The quantitative estimate of drug-likeness (QED) is 0.365. The van der Waals surface area contributed by atoms with Gasteiger partial charge in [0.15, 0.2) is 0 Å². The van der Waals surface area contributed by atoms with Gasteiger partial charge in [0.1, 0.15) is 12.1 Å². The van der Waals surface area contributed by atoms with Gasteiger partial charge >= 0.3 is 18.5 Å². The molecule has 1 fully saturated rings. The van der Waals surface area contributed by atoms with Crippen LogP contribution in [-0.4, -0.2) is 41.5 Å². The lowest BCUT2D eigenvalue weighted by atomic mass is 10.0. The highest BCUT2D eigenvalue weighted by molar-refractivity contribution is 6.31. The number of carboxylic acid groups (broad SMARTS) is 1. The molecular weight excluding hydrogens is 478 g/mol. The molecule has 1 atom stereocenters. The Bertz CT molecular complexity index is 1020. The minimum Gasteiger partial charge on any atom is -0.450 e. The van der Waals surface area contributed by atoms with E-state index in [1.165, 1.54) is 23.1 Å². The topological polar surface area (TPSA) is 61.8 Å². The van der Waals surface area contributed by atoms with Crippen molar-refractivity contribution < 1.29 is 41.0 Å². The maximum absolute atomic E-state index is 13.8. The van der Waals surface area contributed by atoms with E-state index in [2.05, 4.69) is 10.1 Å². The van der Waals surface area contributed by atoms with E-state index in [0.29, 0.717) is 5.56 Å². The van der Waals surface area contributed by atoms with E-state index >= 15 is 0 Å². The van der Waals surface area contributed by atoms with E-state index in [1.807, 2.05) is 0 Å². The maximum Gasteiger partial charge on any atom is 0.506 e. The molecule has 0 bridgehead atoms. The Kier molecular flexibility index (Phi) is 7.04. The van der Waals surface area contributed by atoms with Gasteiger partial charge < -0.3 is 15.2 Å². The summed E-state index contributed by atoms with van der Waals surface area (Å²) in [6.07, 6.45) is -11.6. The Balaban J connectivity index is 1.86. The average Bonchev–Trinajstić information content (AvgIpc) is 2.64. The third-order valence-corrected chi connectivity index (χ3v) is 5.57. The number of ether oxygens (including phenoxy) is 1. The van der Waals surface area contributed by atoms with Crippen molar-refractivity contribution in [2.75, 3.05) is 18.4 Å². The molecule has 0 radical (unpaired) electrons. The van der Waals surface area contributed by atoms with Crippen LogP contribution in [0.4, 0.5) is 36.8 Å². The summed E-state index contributed by atoms with van der Waals surface area (Å²) in [5, 5.41) is 11.2. The average molecular weight is 497 g/mol. The monoisotopic (exact) mass is 496 g/mol. The number of rotatable bonds is 6. The highest BCUT2D eigenvalue weighted by Crippen LogP contribution is 2.39. The molecule has 3 rings (SSSR count). The summed E-state index contributed by atoms with van der Waals surface area (Å²) in [7, 11) is 0. The molecule has 2 aromatic rings. The van der Waals surface area contributed by atoms with Gasteiger partial charge in [0.25, 0.3) is 0 Å². The van der Waals surface area contributed by atoms with Gasteiger partial charge in [0, 0.05) is 30.3 Å². The fourth-order valence-corrected chi connectivity index (χ4v) is 3.69. The summed E-state index contributed by atoms with van der Waals surface area (Å²) >= 11 is 5.89. The first kappa shape index (κ1) is 25.0. The molecule has 2 N–H and O–H groups in total. The number of nitrogens with zero attached hydrogens (tertiary/aromatic N) is 1. The number of hydrogen-bond donors (Lipinski definition) is 2. The molecule has 33 heavy (non-hydrogen) atoms. The van der Waals surface area contributed by atoms with Gasteiger partial charge in [0.05, 0.1) is 5.56 Å². The van der Waals surface area contributed by atoms with Gasteiger partial charge in [0.2, 0.25) is 0 Å². The molecule has 0 unspecified atom stereocenters. The van der Waals surface area contributed by atoms with Gasteiger partial charge in [-0.25, -0.2) is 4.79 Å². The van der Waals surface area contributed by atoms with Gasteiger partial charge in [-0.05, 0) is 47.9 Å². The summed E-state index contributed by atoms with van der Waals surface area (Å²) in [6, 6.07) is 4.31. The van der Waals surface area contributed by atoms with Gasteiger partial charge in [-0.1, -0.05) is 23.7 Å². The van der Waals surface area contributed by atoms with Crippen LogP contribution >= 0.6 is 11.6 Å². The zero-order chi connectivity index (χ0) is 24.6. The van der Waals surface area contributed by atoms with Crippen molar-refractivity contribution in [3.8, 4) is 0 Å². The lowest BCUT2D eigenvalue weighted by Gasteiger charge is -2.38. The fraction of sp³-hybridized carbons (Fsp3) is 0.381. The predicted octanol–water partition coefficient (Wildman–Crippen LogP) is 6.26. The molecule has 2 aromatic carbocycles. The van der Waals surface area contributed by atoms with Gasteiger partial charge in [-0.3, -0.25) is 4.90 Å². The molecule has 12 heteroatoms. The predicted molar refractivity (Wildman–Crippen MR) is 108 cm³/mol. The highest BCUT2D eigenvalue weighted by atomic mass is 35.5. The Labute approximate surface area is 189 Å². The van der Waals surface area contributed by atoms with Crippen molar-refractivity contribution >= 4 is 23.4 Å². The van der Waals surface area contributed by atoms with Crippen LogP contribution in [0.5, 0.6) is 0 Å². The van der Waals surface area contributed by atoms with E-state index in [0.717, 1.165) is 18.2 Å². The standard InChI is InChI=1S/C21H19ClF6N2O3/c1-11-6-12(2-5-17(11)22)18(21(26,27)28)29-14-3-4-16(20(23,24)25)13(7-14)8-30-9-15(10-30)33-19(31)32/h2-7,15,18,29H,8-10H2,1H3,(H,31,32)/t18-/m0/s1. The first-order valence-corrected chi connectivity index (χ1v) is 10.0. The minimum atomic E-state index is -4.73. The van der Waals surface area contributed by atoms with Crippen LogP contribution in [0.3, 0.4) is 0 Å². The van der Waals surface area contributed by atoms with Crippen LogP contribution in [-0.2, 0) is 17.5 Å². The molecule has 0 aromatic heterocycles. The highest BCUT2D eigenvalue weighted by Gasteiger charge is 2.42. The van der Waals surface area contributed by atoms with Crippen molar-refractivity contribution in [3.63, 3.8) is 0 Å². The molecular formula is C21H19ClF6N2O3. The summed E-state index contributed by atoms with van der Waals surface area (Å²) in [5.41, 5.74) is -1.08. The van der Waals surface area contributed by atoms with E-state index in [4.69, 9.17) is 16.7 Å². The van der Waals surface area contributed by atoms with Crippen molar-refractivity contribution in [1.29, 1.82) is 0 Å². The van der Waals surface area contributed by atoms with E-state index in [1.54, 1.807) is 6.92 Å². The molecule has 0 saturated carbocycles. The number of benzene rings is 2. The zero-order valence-electron chi connectivity index (χ0n) is 17.1. The van der Waals surface area contributed by atoms with Crippen molar-refractivity contribution in [1.82, 2.24) is 4.90 Å². The third-order valence-electron chi connectivity index (χ3n) is 5.15. The molecule has 0 spiro atoms. The van der Waals surface area contributed by atoms with Crippen molar-refractivity contribution in [2.45, 2.75) is 38.0 Å². The number of nitrogens with one attached hydrogen (secondary N) is 1. The Morgan fingerprint density at radius 1 is 1.18 bits per heavy atom. The van der Waals surface area contributed by atoms with Gasteiger partial charge in [-0.2, -0.15) is 26.3 Å². The lowest BCUT2D eigenvalue weighted by molar-refractivity contribution is -0.144. The summed E-state index contributed by atoms with van der Waals surface area (Å²) in [4.78, 5) is 12.0. The number of carbonyl (C=O) groups is 1. The summed E-state index contributed by atoms with van der Waals surface area (Å²) < 4.78 is 86.2. The van der Waals surface area contributed by atoms with Crippen molar-refractivity contribution in [2.24, 2.45) is 0 Å². The molecule has 1 saturated heterocycles. The van der Waals surface area contributed by atoms with Gasteiger partial charge in [-0.15, -0.1) is 0 Å². The van der Waals surface area contributed by atoms with Crippen molar-refractivity contribution in [3.05, 3.63) is 63.7 Å². The Hall–Kier alpha value is -2.66. The largest absolute Gasteiger partial charge is 0.506 e. The molecule has 5 nitrogen and oxygen atoms in total. The van der Waals surface area contributed by atoms with Crippen LogP contribution in [0.2, 0.25) is 5.02 Å².